The molecule has 7 nitrogen and oxygen atoms in total. The molecule has 2 aliphatic heterocycles. The van der Waals surface area contributed by atoms with Gasteiger partial charge in [-0.05, 0) is 38.9 Å². The highest BCUT2D eigenvalue weighted by atomic mass is 16.3. The quantitative estimate of drug-likeness (QED) is 0.667. The van der Waals surface area contributed by atoms with Gasteiger partial charge in [-0.2, -0.15) is 0 Å². The second-order valence-electron chi connectivity index (χ2n) is 6.96. The molecule has 0 spiro atoms. The molecule has 0 aliphatic carbocycles. The highest BCUT2D eigenvalue weighted by Gasteiger charge is 2.30. The van der Waals surface area contributed by atoms with E-state index in [2.05, 4.69) is 35.3 Å². The molecule has 134 valence electrons. The van der Waals surface area contributed by atoms with Crippen LogP contribution in [0.15, 0.2) is 22.8 Å². The summed E-state index contributed by atoms with van der Waals surface area (Å²) in [6, 6.07) is 4.64. The van der Waals surface area contributed by atoms with Crippen LogP contribution in [0.2, 0.25) is 0 Å². The molecule has 2 aliphatic rings. The molecule has 1 saturated heterocycles. The number of nitrogens with zero attached hydrogens (tertiary/aromatic N) is 2. The summed E-state index contributed by atoms with van der Waals surface area (Å²) in [5, 5.41) is 7.05. The van der Waals surface area contributed by atoms with E-state index in [9.17, 15) is 0 Å². The van der Waals surface area contributed by atoms with Crippen LogP contribution in [0, 0.1) is 5.92 Å². The fourth-order valence-corrected chi connectivity index (χ4v) is 3.69. The van der Waals surface area contributed by atoms with Crippen molar-refractivity contribution in [2.75, 3.05) is 25.0 Å². The first-order valence-electron chi connectivity index (χ1n) is 9.11. The fourth-order valence-electron chi connectivity index (χ4n) is 3.69. The molecule has 0 saturated carbocycles. The van der Waals surface area contributed by atoms with Crippen molar-refractivity contribution in [3.05, 3.63) is 29.7 Å². The highest BCUT2D eigenvalue weighted by Crippen LogP contribution is 2.25. The number of hydrogen-bond donors (Lipinski definition) is 4. The Balaban J connectivity index is 1.63. The zero-order valence-corrected chi connectivity index (χ0v) is 14.8. The zero-order valence-electron chi connectivity index (χ0n) is 14.8. The van der Waals surface area contributed by atoms with Crippen LogP contribution in [0.1, 0.15) is 25.1 Å². The Labute approximate surface area is 148 Å². The molecule has 4 N–H and O–H groups in total. The summed E-state index contributed by atoms with van der Waals surface area (Å²) >= 11 is 0. The zero-order chi connectivity index (χ0) is 17.2. The van der Waals surface area contributed by atoms with Gasteiger partial charge in [0.15, 0.2) is 11.6 Å². The Morgan fingerprint density at radius 2 is 1.96 bits per heavy atom. The van der Waals surface area contributed by atoms with Crippen molar-refractivity contribution in [2.24, 2.45) is 5.92 Å². The number of hydrazine groups is 1. The van der Waals surface area contributed by atoms with Crippen molar-refractivity contribution in [3.63, 3.8) is 0 Å². The van der Waals surface area contributed by atoms with Gasteiger partial charge in [-0.3, -0.25) is 10.9 Å². The van der Waals surface area contributed by atoms with Gasteiger partial charge in [-0.25, -0.2) is 9.97 Å². The smallest absolute Gasteiger partial charge is 0.197 e. The molecule has 2 unspecified atom stereocenters. The second kappa shape index (κ2) is 7.11. The Morgan fingerprint density at radius 3 is 2.72 bits per heavy atom. The molecule has 2 aromatic heterocycles. The number of fused-ring (bicyclic) bond motifs is 1. The van der Waals surface area contributed by atoms with Gasteiger partial charge in [0.2, 0.25) is 0 Å². The van der Waals surface area contributed by atoms with E-state index < -0.39 is 0 Å². The first-order valence-corrected chi connectivity index (χ1v) is 9.11. The van der Waals surface area contributed by atoms with Gasteiger partial charge in [0, 0.05) is 43.1 Å². The lowest BCUT2D eigenvalue weighted by Gasteiger charge is -2.20. The predicted molar refractivity (Wildman–Crippen MR) is 97.2 cm³/mol. The summed E-state index contributed by atoms with van der Waals surface area (Å²) in [5.74, 6) is 2.83. The standard InChI is InChI=1S/C18H26N6O/c1-11-14(12(2)24-23-11)10-20-17-13-5-7-19-8-6-15(13)21-18(22-17)16-4-3-9-25-16/h3-4,9,11-12,14,19,23-24H,5-8,10H2,1-2H3,(H,20,21,22). The van der Waals surface area contributed by atoms with E-state index in [1.54, 1.807) is 6.26 Å². The van der Waals surface area contributed by atoms with Crippen molar-refractivity contribution in [3.8, 4) is 11.6 Å². The lowest BCUT2D eigenvalue weighted by Crippen LogP contribution is -2.30. The third-order valence-electron chi connectivity index (χ3n) is 5.25. The third kappa shape index (κ3) is 3.40. The van der Waals surface area contributed by atoms with Crippen LogP contribution in [0.25, 0.3) is 11.6 Å². The largest absolute Gasteiger partial charge is 0.461 e. The van der Waals surface area contributed by atoms with E-state index >= 15 is 0 Å². The SMILES string of the molecule is CC1NNC(C)C1CNc1nc(-c2ccco2)nc2c1CCNCC2. The van der Waals surface area contributed by atoms with Crippen LogP contribution in [0.3, 0.4) is 0 Å². The van der Waals surface area contributed by atoms with E-state index in [-0.39, 0.29) is 0 Å². The maximum Gasteiger partial charge on any atom is 0.197 e. The first-order chi connectivity index (χ1) is 12.2. The molecular weight excluding hydrogens is 316 g/mol. The van der Waals surface area contributed by atoms with Crippen LogP contribution in [0.5, 0.6) is 0 Å². The van der Waals surface area contributed by atoms with Crippen LogP contribution in [0.4, 0.5) is 5.82 Å². The number of anilines is 1. The molecule has 25 heavy (non-hydrogen) atoms. The number of nitrogens with one attached hydrogen (secondary N) is 4. The van der Waals surface area contributed by atoms with Crippen LogP contribution < -0.4 is 21.5 Å². The fraction of sp³-hybridized carbons (Fsp3) is 0.556. The molecule has 2 atom stereocenters. The summed E-state index contributed by atoms with van der Waals surface area (Å²) in [7, 11) is 0. The minimum atomic E-state index is 0.425. The molecule has 0 bridgehead atoms. The predicted octanol–water partition coefficient (Wildman–Crippen LogP) is 1.34. The van der Waals surface area contributed by atoms with E-state index in [1.165, 1.54) is 5.56 Å². The van der Waals surface area contributed by atoms with E-state index in [0.29, 0.717) is 29.6 Å². The molecule has 0 aromatic carbocycles. The van der Waals surface area contributed by atoms with E-state index in [1.807, 2.05) is 12.1 Å². The van der Waals surface area contributed by atoms with Gasteiger partial charge < -0.3 is 15.1 Å². The summed E-state index contributed by atoms with van der Waals surface area (Å²) in [4.78, 5) is 9.57. The maximum atomic E-state index is 5.52. The molecule has 7 heteroatoms. The molecule has 4 heterocycles. The summed E-state index contributed by atoms with van der Waals surface area (Å²) in [5.41, 5.74) is 8.99. The lowest BCUT2D eigenvalue weighted by atomic mass is 9.96. The van der Waals surface area contributed by atoms with Crippen LogP contribution >= 0.6 is 0 Å². The molecule has 1 fully saturated rings. The monoisotopic (exact) mass is 342 g/mol. The van der Waals surface area contributed by atoms with E-state index in [0.717, 1.165) is 44.0 Å². The molecular formula is C18H26N6O. The Kier molecular flexibility index (Phi) is 4.70. The molecule has 4 rings (SSSR count). The second-order valence-corrected chi connectivity index (χ2v) is 6.96. The van der Waals surface area contributed by atoms with Crippen molar-refractivity contribution in [1.82, 2.24) is 26.1 Å². The first kappa shape index (κ1) is 16.5. The molecule has 0 amide bonds. The average molecular weight is 342 g/mol. The van der Waals surface area contributed by atoms with Crippen molar-refractivity contribution in [1.29, 1.82) is 0 Å². The number of aromatic nitrogens is 2. The summed E-state index contributed by atoms with van der Waals surface area (Å²) in [6.45, 7) is 7.20. The molecule has 2 aromatic rings. The van der Waals surface area contributed by atoms with Crippen molar-refractivity contribution >= 4 is 5.82 Å². The summed E-state index contributed by atoms with van der Waals surface area (Å²) < 4.78 is 5.52. The van der Waals surface area contributed by atoms with Crippen molar-refractivity contribution in [2.45, 2.75) is 38.8 Å². The van der Waals surface area contributed by atoms with Gasteiger partial charge in [0.25, 0.3) is 0 Å². The normalized spacial score (nSPS) is 26.2. The van der Waals surface area contributed by atoms with Gasteiger partial charge in [-0.1, -0.05) is 0 Å². The lowest BCUT2D eigenvalue weighted by molar-refractivity contribution is 0.466. The minimum Gasteiger partial charge on any atom is -0.461 e. The van der Waals surface area contributed by atoms with Gasteiger partial charge in [-0.15, -0.1) is 0 Å². The maximum absolute atomic E-state index is 5.52. The number of furan rings is 1. The van der Waals surface area contributed by atoms with Crippen LogP contribution in [-0.4, -0.2) is 41.7 Å². The van der Waals surface area contributed by atoms with Crippen LogP contribution in [-0.2, 0) is 12.8 Å². The van der Waals surface area contributed by atoms with Crippen molar-refractivity contribution < 1.29 is 4.42 Å². The average Bonchev–Trinajstić information content (AvgIpc) is 3.18. The van der Waals surface area contributed by atoms with Gasteiger partial charge >= 0.3 is 0 Å². The Hall–Kier alpha value is -1.96. The van der Waals surface area contributed by atoms with Gasteiger partial charge in [0.05, 0.1) is 12.0 Å². The highest BCUT2D eigenvalue weighted by molar-refractivity contribution is 5.56. The van der Waals surface area contributed by atoms with Gasteiger partial charge in [0.1, 0.15) is 5.82 Å². The number of rotatable bonds is 4. The molecule has 0 radical (unpaired) electrons. The topological polar surface area (TPSA) is 87.0 Å². The summed E-state index contributed by atoms with van der Waals surface area (Å²) in [6.07, 6.45) is 3.53. The Bertz CT molecular complexity index is 707. The third-order valence-corrected chi connectivity index (χ3v) is 5.25. The Morgan fingerprint density at radius 1 is 1.16 bits per heavy atom. The minimum absolute atomic E-state index is 0.425. The number of hydrogen-bond acceptors (Lipinski definition) is 7. The van der Waals surface area contributed by atoms with E-state index in [4.69, 9.17) is 14.4 Å².